The average Bonchev–Trinajstić information content (AvgIpc) is 3.10. The van der Waals surface area contributed by atoms with Gasteiger partial charge in [0.2, 0.25) is 10.0 Å². The average molecular weight is 385 g/mol. The lowest BCUT2D eigenvalue weighted by molar-refractivity contribution is -0.127. The number of benzene rings is 1. The van der Waals surface area contributed by atoms with Gasteiger partial charge < -0.3 is 10.1 Å². The van der Waals surface area contributed by atoms with Crippen molar-refractivity contribution in [3.05, 3.63) is 24.3 Å². The molecule has 1 aliphatic heterocycles. The summed E-state index contributed by atoms with van der Waals surface area (Å²) >= 11 is 1.90. The molecule has 0 aromatic heterocycles. The lowest BCUT2D eigenvalue weighted by atomic mass is 10.2. The number of amides is 1. The molecule has 1 N–H and O–H groups in total. The first-order valence-corrected chi connectivity index (χ1v) is 11.5. The fourth-order valence-corrected chi connectivity index (χ4v) is 5.36. The maximum atomic E-state index is 12.4. The molecule has 0 saturated heterocycles. The van der Waals surface area contributed by atoms with Gasteiger partial charge in [-0.3, -0.25) is 9.10 Å². The molecule has 1 fully saturated rings. The van der Waals surface area contributed by atoms with Gasteiger partial charge in [-0.2, -0.15) is 11.8 Å². The predicted molar refractivity (Wildman–Crippen MR) is 101 cm³/mol. The fourth-order valence-electron chi connectivity index (χ4n) is 3.22. The Balaban J connectivity index is 1.58. The molecular formula is C17H24N2O4S2. The van der Waals surface area contributed by atoms with E-state index in [-0.39, 0.29) is 12.5 Å². The number of ether oxygens (including phenoxy) is 1. The van der Waals surface area contributed by atoms with E-state index in [0.717, 1.165) is 17.3 Å². The molecule has 138 valence electrons. The number of hydrogen-bond donors (Lipinski definition) is 1. The van der Waals surface area contributed by atoms with Crippen LogP contribution >= 0.6 is 11.8 Å². The minimum atomic E-state index is -3.47. The molecule has 1 aromatic carbocycles. The van der Waals surface area contributed by atoms with E-state index in [1.807, 2.05) is 11.8 Å². The summed E-state index contributed by atoms with van der Waals surface area (Å²) in [6.45, 7) is 0.567. The van der Waals surface area contributed by atoms with E-state index in [9.17, 15) is 13.2 Å². The highest BCUT2D eigenvalue weighted by molar-refractivity contribution is 7.99. The first-order valence-electron chi connectivity index (χ1n) is 8.58. The van der Waals surface area contributed by atoms with E-state index in [2.05, 4.69) is 5.32 Å². The number of nitrogens with one attached hydrogen (secondary N) is 1. The van der Waals surface area contributed by atoms with Crippen LogP contribution in [0.15, 0.2) is 24.3 Å². The number of fused-ring (bicyclic) bond motifs is 1. The zero-order valence-electron chi connectivity index (χ0n) is 14.3. The monoisotopic (exact) mass is 384 g/mol. The predicted octanol–water partition coefficient (Wildman–Crippen LogP) is 2.01. The van der Waals surface area contributed by atoms with Crippen molar-refractivity contribution in [1.29, 1.82) is 0 Å². The van der Waals surface area contributed by atoms with Crippen molar-refractivity contribution >= 4 is 33.4 Å². The van der Waals surface area contributed by atoms with Gasteiger partial charge in [-0.05, 0) is 25.0 Å². The second-order valence-corrected chi connectivity index (χ2v) is 9.75. The van der Waals surface area contributed by atoms with E-state index in [4.69, 9.17) is 4.74 Å². The topological polar surface area (TPSA) is 75.7 Å². The number of hydrogen-bond acceptors (Lipinski definition) is 5. The maximum absolute atomic E-state index is 12.4. The van der Waals surface area contributed by atoms with Crippen LogP contribution in [0.2, 0.25) is 0 Å². The van der Waals surface area contributed by atoms with Gasteiger partial charge in [0.1, 0.15) is 5.75 Å². The minimum absolute atomic E-state index is 0.00253. The van der Waals surface area contributed by atoms with Crippen LogP contribution in [0, 0.1) is 0 Å². The largest absolute Gasteiger partial charge is 0.476 e. The Morgan fingerprint density at radius 3 is 2.76 bits per heavy atom. The number of carbonyl (C=O) groups excluding carboxylic acids is 1. The van der Waals surface area contributed by atoms with Gasteiger partial charge in [-0.15, -0.1) is 0 Å². The molecule has 25 heavy (non-hydrogen) atoms. The summed E-state index contributed by atoms with van der Waals surface area (Å²) in [5, 5.41) is 3.59. The van der Waals surface area contributed by atoms with Gasteiger partial charge in [0.05, 0.1) is 18.5 Å². The van der Waals surface area contributed by atoms with Gasteiger partial charge in [-0.1, -0.05) is 25.0 Å². The molecule has 1 unspecified atom stereocenters. The molecule has 2 aliphatic rings. The summed E-state index contributed by atoms with van der Waals surface area (Å²) in [5.74, 6) is 1.02. The van der Waals surface area contributed by atoms with Gasteiger partial charge in [-0.25, -0.2) is 8.42 Å². The lowest BCUT2D eigenvalue weighted by Gasteiger charge is -2.33. The molecule has 3 rings (SSSR count). The third kappa shape index (κ3) is 4.61. The number of nitrogens with zero attached hydrogens (tertiary/aromatic N) is 1. The molecule has 1 aromatic rings. The quantitative estimate of drug-likeness (QED) is 0.760. The Kier molecular flexibility index (Phi) is 5.78. The molecule has 1 saturated carbocycles. The van der Waals surface area contributed by atoms with E-state index in [1.54, 1.807) is 24.3 Å². The highest BCUT2D eigenvalue weighted by atomic mass is 32.2. The van der Waals surface area contributed by atoms with Crippen molar-refractivity contribution in [2.75, 3.05) is 29.4 Å². The summed E-state index contributed by atoms with van der Waals surface area (Å²) in [7, 11) is -3.47. The standard InChI is InChI=1S/C17H24N2O4S2/c1-25(21,22)19-12-16(23-15-9-5-4-8-14(15)19)17(20)18-10-11-24-13-6-2-3-7-13/h4-5,8-9,13,16H,2-3,6-7,10-12H2,1H3,(H,18,20). The minimum Gasteiger partial charge on any atom is -0.476 e. The van der Waals surface area contributed by atoms with Gasteiger partial charge in [0.15, 0.2) is 6.10 Å². The molecule has 0 bridgehead atoms. The Morgan fingerprint density at radius 1 is 1.32 bits per heavy atom. The van der Waals surface area contributed by atoms with Crippen molar-refractivity contribution in [3.8, 4) is 5.75 Å². The number of carbonyl (C=O) groups is 1. The molecule has 6 nitrogen and oxygen atoms in total. The summed E-state index contributed by atoms with van der Waals surface area (Å²) < 4.78 is 31.1. The van der Waals surface area contributed by atoms with Crippen molar-refractivity contribution in [2.24, 2.45) is 0 Å². The first-order chi connectivity index (χ1) is 11.9. The van der Waals surface area contributed by atoms with Crippen molar-refractivity contribution < 1.29 is 17.9 Å². The van der Waals surface area contributed by atoms with Crippen LogP contribution in [0.3, 0.4) is 0 Å². The van der Waals surface area contributed by atoms with Crippen LogP contribution in [0.25, 0.3) is 0 Å². The van der Waals surface area contributed by atoms with E-state index < -0.39 is 16.1 Å². The first kappa shape index (κ1) is 18.4. The maximum Gasteiger partial charge on any atom is 0.263 e. The Morgan fingerprint density at radius 2 is 2.04 bits per heavy atom. The molecule has 1 aliphatic carbocycles. The molecule has 8 heteroatoms. The number of para-hydroxylation sites is 2. The SMILES string of the molecule is CS(=O)(=O)N1CC(C(=O)NCCSC2CCCC2)Oc2ccccc21. The lowest BCUT2D eigenvalue weighted by Crippen LogP contribution is -2.50. The normalized spacial score (nSPS) is 20.8. The highest BCUT2D eigenvalue weighted by Gasteiger charge is 2.34. The van der Waals surface area contributed by atoms with E-state index >= 15 is 0 Å². The smallest absolute Gasteiger partial charge is 0.263 e. The second kappa shape index (κ2) is 7.86. The van der Waals surface area contributed by atoms with E-state index in [0.29, 0.717) is 18.0 Å². The summed E-state index contributed by atoms with van der Waals surface area (Å²) in [6, 6.07) is 6.88. The third-order valence-electron chi connectivity index (χ3n) is 4.48. The van der Waals surface area contributed by atoms with E-state index in [1.165, 1.54) is 30.0 Å². The molecule has 0 radical (unpaired) electrons. The van der Waals surface area contributed by atoms with Crippen LogP contribution in [0.5, 0.6) is 5.75 Å². The molecule has 0 spiro atoms. The highest BCUT2D eigenvalue weighted by Crippen LogP contribution is 2.34. The number of anilines is 1. The Hall–Kier alpha value is -1.41. The Labute approximate surface area is 153 Å². The van der Waals surface area contributed by atoms with Crippen LogP contribution in [0.1, 0.15) is 25.7 Å². The van der Waals surface area contributed by atoms with Crippen LogP contribution in [-0.4, -0.2) is 50.8 Å². The van der Waals surface area contributed by atoms with Gasteiger partial charge in [0.25, 0.3) is 5.91 Å². The second-order valence-electron chi connectivity index (χ2n) is 6.44. The van der Waals surface area contributed by atoms with Crippen molar-refractivity contribution in [3.63, 3.8) is 0 Å². The van der Waals surface area contributed by atoms with Crippen molar-refractivity contribution in [2.45, 2.75) is 37.0 Å². The number of sulfonamides is 1. The number of rotatable bonds is 6. The molecule has 1 atom stereocenters. The fraction of sp³-hybridized carbons (Fsp3) is 0.588. The van der Waals surface area contributed by atoms with Crippen LogP contribution < -0.4 is 14.4 Å². The Bertz CT molecular complexity index is 717. The van der Waals surface area contributed by atoms with Crippen molar-refractivity contribution in [1.82, 2.24) is 5.32 Å². The summed E-state index contributed by atoms with van der Waals surface area (Å²) in [6.07, 6.45) is 5.46. The van der Waals surface area contributed by atoms with Crippen LogP contribution in [-0.2, 0) is 14.8 Å². The molecular weight excluding hydrogens is 360 g/mol. The van der Waals surface area contributed by atoms with Gasteiger partial charge >= 0.3 is 0 Å². The molecule has 1 heterocycles. The van der Waals surface area contributed by atoms with Crippen LogP contribution in [0.4, 0.5) is 5.69 Å². The summed E-state index contributed by atoms with van der Waals surface area (Å²) in [4.78, 5) is 12.4. The summed E-state index contributed by atoms with van der Waals surface area (Å²) in [5.41, 5.74) is 0.478. The third-order valence-corrected chi connectivity index (χ3v) is 7.01. The number of thioether (sulfide) groups is 1. The zero-order valence-corrected chi connectivity index (χ0v) is 15.9. The molecule has 1 amide bonds. The van der Waals surface area contributed by atoms with Gasteiger partial charge in [0, 0.05) is 17.5 Å². The zero-order chi connectivity index (χ0) is 17.9.